The second-order valence-electron chi connectivity index (χ2n) is 4.45. The van der Waals surface area contributed by atoms with Crippen molar-refractivity contribution in [2.24, 2.45) is 5.92 Å². The van der Waals surface area contributed by atoms with Crippen molar-refractivity contribution in [3.05, 3.63) is 0 Å². The molecule has 0 atom stereocenters. The zero-order valence-electron chi connectivity index (χ0n) is 9.72. The number of hydrogen-bond donors (Lipinski definition) is 1. The summed E-state index contributed by atoms with van der Waals surface area (Å²) < 4.78 is 5.03. The second kappa shape index (κ2) is 7.24. The lowest BCUT2D eigenvalue weighted by atomic mass is 9.83. The molecule has 1 fully saturated rings. The summed E-state index contributed by atoms with van der Waals surface area (Å²) in [5, 5.41) is 3.56. The predicted molar refractivity (Wildman–Crippen MR) is 60.5 cm³/mol. The molecule has 0 aliphatic heterocycles. The summed E-state index contributed by atoms with van der Waals surface area (Å²) >= 11 is 0. The van der Waals surface area contributed by atoms with Crippen molar-refractivity contribution in [3.63, 3.8) is 0 Å². The Balaban J connectivity index is 2.03. The maximum atomic E-state index is 5.03. The van der Waals surface area contributed by atoms with Crippen molar-refractivity contribution in [2.75, 3.05) is 20.3 Å². The van der Waals surface area contributed by atoms with Gasteiger partial charge in [0, 0.05) is 19.7 Å². The van der Waals surface area contributed by atoms with Crippen LogP contribution in [0, 0.1) is 5.92 Å². The number of rotatable bonds is 6. The molecule has 1 aliphatic carbocycles. The van der Waals surface area contributed by atoms with Gasteiger partial charge in [-0.2, -0.15) is 0 Å². The second-order valence-corrected chi connectivity index (χ2v) is 4.45. The van der Waals surface area contributed by atoms with Crippen LogP contribution in [0.25, 0.3) is 0 Å². The van der Waals surface area contributed by atoms with E-state index in [9.17, 15) is 0 Å². The van der Waals surface area contributed by atoms with Crippen molar-refractivity contribution >= 4 is 0 Å². The zero-order valence-corrected chi connectivity index (χ0v) is 9.72. The Labute approximate surface area is 88.4 Å². The molecule has 2 nitrogen and oxygen atoms in total. The standard InChI is InChI=1S/C12H25NO/c1-3-4-11-5-7-12(8-6-11)13-9-10-14-2/h11-13H,3-10H2,1-2H3. The van der Waals surface area contributed by atoms with E-state index in [0.717, 1.165) is 25.1 Å². The van der Waals surface area contributed by atoms with Crippen molar-refractivity contribution < 1.29 is 4.74 Å². The number of methoxy groups -OCH3 is 1. The molecule has 1 N–H and O–H groups in total. The average molecular weight is 199 g/mol. The third-order valence-corrected chi connectivity index (χ3v) is 3.28. The number of nitrogens with one attached hydrogen (secondary N) is 1. The average Bonchev–Trinajstić information content (AvgIpc) is 2.21. The first-order chi connectivity index (χ1) is 6.86. The van der Waals surface area contributed by atoms with E-state index >= 15 is 0 Å². The van der Waals surface area contributed by atoms with Gasteiger partial charge in [0.1, 0.15) is 0 Å². The lowest BCUT2D eigenvalue weighted by molar-refractivity contribution is 0.187. The van der Waals surface area contributed by atoms with Gasteiger partial charge in [-0.1, -0.05) is 19.8 Å². The molecule has 1 rings (SSSR count). The molecular weight excluding hydrogens is 174 g/mol. The van der Waals surface area contributed by atoms with Gasteiger partial charge in [-0.25, -0.2) is 0 Å². The lowest BCUT2D eigenvalue weighted by Gasteiger charge is -2.29. The Morgan fingerprint density at radius 3 is 2.50 bits per heavy atom. The molecule has 0 radical (unpaired) electrons. The normalized spacial score (nSPS) is 27.9. The van der Waals surface area contributed by atoms with Crippen molar-refractivity contribution in [3.8, 4) is 0 Å². The molecule has 0 amide bonds. The highest BCUT2D eigenvalue weighted by Gasteiger charge is 2.19. The van der Waals surface area contributed by atoms with E-state index in [1.807, 2.05) is 0 Å². The quantitative estimate of drug-likeness (QED) is 0.664. The highest BCUT2D eigenvalue weighted by atomic mass is 16.5. The van der Waals surface area contributed by atoms with Crippen LogP contribution in [0.5, 0.6) is 0 Å². The third kappa shape index (κ3) is 4.43. The van der Waals surface area contributed by atoms with E-state index in [0.29, 0.717) is 0 Å². The Kier molecular flexibility index (Phi) is 6.20. The van der Waals surface area contributed by atoms with Crippen LogP contribution >= 0.6 is 0 Å². The monoisotopic (exact) mass is 199 g/mol. The molecule has 2 heteroatoms. The summed E-state index contributed by atoms with van der Waals surface area (Å²) in [4.78, 5) is 0. The van der Waals surface area contributed by atoms with E-state index in [4.69, 9.17) is 4.74 Å². The van der Waals surface area contributed by atoms with Crippen LogP contribution in [0.1, 0.15) is 45.4 Å². The van der Waals surface area contributed by atoms with Crippen LogP contribution in [-0.4, -0.2) is 26.3 Å². The predicted octanol–water partition coefficient (Wildman–Crippen LogP) is 2.58. The van der Waals surface area contributed by atoms with Gasteiger partial charge in [0.15, 0.2) is 0 Å². The van der Waals surface area contributed by atoms with Gasteiger partial charge in [0.25, 0.3) is 0 Å². The van der Waals surface area contributed by atoms with Crippen LogP contribution in [0.2, 0.25) is 0 Å². The van der Waals surface area contributed by atoms with Crippen molar-refractivity contribution in [1.82, 2.24) is 5.32 Å². The summed E-state index contributed by atoms with van der Waals surface area (Å²) in [6.07, 6.45) is 8.39. The first-order valence-corrected chi connectivity index (χ1v) is 6.09. The van der Waals surface area contributed by atoms with Crippen molar-refractivity contribution in [1.29, 1.82) is 0 Å². The zero-order chi connectivity index (χ0) is 10.2. The minimum Gasteiger partial charge on any atom is -0.383 e. The van der Waals surface area contributed by atoms with Gasteiger partial charge in [-0.15, -0.1) is 0 Å². The Morgan fingerprint density at radius 2 is 1.93 bits per heavy atom. The summed E-state index contributed by atoms with van der Waals surface area (Å²) in [5.74, 6) is 1.01. The summed E-state index contributed by atoms with van der Waals surface area (Å²) in [5.41, 5.74) is 0. The van der Waals surface area contributed by atoms with Crippen LogP contribution in [-0.2, 0) is 4.74 Å². The van der Waals surface area contributed by atoms with Gasteiger partial charge in [-0.3, -0.25) is 0 Å². The SMILES string of the molecule is CCCC1CCC(NCCOC)CC1. The maximum Gasteiger partial charge on any atom is 0.0587 e. The molecule has 0 bridgehead atoms. The van der Waals surface area contributed by atoms with Crippen LogP contribution in [0.4, 0.5) is 0 Å². The number of hydrogen-bond acceptors (Lipinski definition) is 2. The molecule has 0 unspecified atom stereocenters. The van der Waals surface area contributed by atoms with Gasteiger partial charge >= 0.3 is 0 Å². The van der Waals surface area contributed by atoms with E-state index in [-0.39, 0.29) is 0 Å². The highest BCUT2D eigenvalue weighted by Crippen LogP contribution is 2.27. The molecule has 1 aliphatic rings. The molecule has 0 aromatic rings. The van der Waals surface area contributed by atoms with Gasteiger partial charge in [0.05, 0.1) is 6.61 Å². The summed E-state index contributed by atoms with van der Waals surface area (Å²) in [7, 11) is 1.76. The molecule has 0 heterocycles. The first kappa shape index (κ1) is 12.0. The topological polar surface area (TPSA) is 21.3 Å². The summed E-state index contributed by atoms with van der Waals surface area (Å²) in [6.45, 7) is 4.15. The molecular formula is C12H25NO. The number of ether oxygens (including phenoxy) is 1. The Morgan fingerprint density at radius 1 is 1.21 bits per heavy atom. The van der Waals surface area contributed by atoms with E-state index in [1.54, 1.807) is 7.11 Å². The summed E-state index contributed by atoms with van der Waals surface area (Å²) in [6, 6.07) is 0.762. The van der Waals surface area contributed by atoms with Crippen LogP contribution in [0.3, 0.4) is 0 Å². The fourth-order valence-corrected chi connectivity index (χ4v) is 2.43. The molecule has 0 spiro atoms. The Hall–Kier alpha value is -0.0800. The fourth-order valence-electron chi connectivity index (χ4n) is 2.43. The minimum atomic E-state index is 0.762. The molecule has 84 valence electrons. The first-order valence-electron chi connectivity index (χ1n) is 6.09. The van der Waals surface area contributed by atoms with Gasteiger partial charge < -0.3 is 10.1 Å². The molecule has 0 saturated heterocycles. The third-order valence-electron chi connectivity index (χ3n) is 3.28. The lowest BCUT2D eigenvalue weighted by Crippen LogP contribution is -2.35. The smallest absolute Gasteiger partial charge is 0.0587 e. The fraction of sp³-hybridized carbons (Fsp3) is 1.00. The molecule has 14 heavy (non-hydrogen) atoms. The molecule has 1 saturated carbocycles. The minimum absolute atomic E-state index is 0.762. The van der Waals surface area contributed by atoms with E-state index in [1.165, 1.54) is 38.5 Å². The van der Waals surface area contributed by atoms with E-state index in [2.05, 4.69) is 12.2 Å². The maximum absolute atomic E-state index is 5.03. The van der Waals surface area contributed by atoms with Crippen LogP contribution < -0.4 is 5.32 Å². The molecule has 0 aromatic heterocycles. The van der Waals surface area contributed by atoms with Gasteiger partial charge in [-0.05, 0) is 31.6 Å². The van der Waals surface area contributed by atoms with Crippen molar-refractivity contribution in [2.45, 2.75) is 51.5 Å². The molecule has 0 aromatic carbocycles. The van der Waals surface area contributed by atoms with E-state index < -0.39 is 0 Å². The Bertz CT molecular complexity index is 130. The largest absolute Gasteiger partial charge is 0.383 e. The van der Waals surface area contributed by atoms with Gasteiger partial charge in [0.2, 0.25) is 0 Å². The van der Waals surface area contributed by atoms with Crippen LogP contribution in [0.15, 0.2) is 0 Å². The highest BCUT2D eigenvalue weighted by molar-refractivity contribution is 4.76.